The number of amides is 1. The number of hydrogen-bond acceptors (Lipinski definition) is 4. The summed E-state index contributed by atoms with van der Waals surface area (Å²) in [6.07, 6.45) is 5.01. The molecule has 7 nitrogen and oxygen atoms in total. The summed E-state index contributed by atoms with van der Waals surface area (Å²) in [5.74, 6) is 0.987. The highest BCUT2D eigenvalue weighted by Crippen LogP contribution is 2.49. The first kappa shape index (κ1) is 27.2. The fourth-order valence-corrected chi connectivity index (χ4v) is 7.72. The van der Waals surface area contributed by atoms with Crippen LogP contribution in [-0.2, 0) is 31.7 Å². The molecule has 2 aliphatic heterocycles. The maximum absolute atomic E-state index is 14.4. The van der Waals surface area contributed by atoms with Crippen LogP contribution in [0.2, 0.25) is 0 Å². The summed E-state index contributed by atoms with van der Waals surface area (Å²) in [6, 6.07) is 8.86. The summed E-state index contributed by atoms with van der Waals surface area (Å²) < 4.78 is 45.3. The number of rotatable bonds is 5. The molecular formula is C32H35F3N6O. The first-order valence-electron chi connectivity index (χ1n) is 14.9. The van der Waals surface area contributed by atoms with Crippen LogP contribution in [0.5, 0.6) is 0 Å². The molecule has 0 radical (unpaired) electrons. The first-order chi connectivity index (χ1) is 20.1. The number of H-pyrrole nitrogens is 1. The number of nitrogens with one attached hydrogen (secondary N) is 1. The Balaban J connectivity index is 1.31. The van der Waals surface area contributed by atoms with E-state index >= 15 is 0 Å². The van der Waals surface area contributed by atoms with E-state index in [1.165, 1.54) is 11.0 Å². The number of aromatic nitrogens is 4. The molecule has 1 atom stereocenters. The zero-order chi connectivity index (χ0) is 29.2. The lowest BCUT2D eigenvalue weighted by Gasteiger charge is -2.31. The maximum atomic E-state index is 14.4. The van der Waals surface area contributed by atoms with Gasteiger partial charge in [-0.25, -0.2) is 0 Å². The number of likely N-dealkylation sites (tertiary alicyclic amines) is 1. The minimum Gasteiger partial charge on any atom is -0.361 e. The van der Waals surface area contributed by atoms with Crippen molar-refractivity contribution in [1.82, 2.24) is 24.6 Å². The lowest BCUT2D eigenvalue weighted by molar-refractivity contribution is -0.138. The van der Waals surface area contributed by atoms with Gasteiger partial charge >= 0.3 is 6.18 Å². The van der Waals surface area contributed by atoms with Crippen LogP contribution in [0.4, 0.5) is 18.9 Å². The van der Waals surface area contributed by atoms with Crippen molar-refractivity contribution >= 4 is 22.5 Å². The summed E-state index contributed by atoms with van der Waals surface area (Å²) in [5, 5.41) is 9.70. The number of fused-ring (bicyclic) bond motifs is 2. The van der Waals surface area contributed by atoms with Crippen LogP contribution in [0.3, 0.4) is 0 Å². The highest BCUT2D eigenvalue weighted by atomic mass is 19.4. The van der Waals surface area contributed by atoms with E-state index in [0.717, 1.165) is 73.9 Å². The van der Waals surface area contributed by atoms with Crippen molar-refractivity contribution < 1.29 is 18.0 Å². The molecule has 4 heterocycles. The summed E-state index contributed by atoms with van der Waals surface area (Å²) in [5.41, 5.74) is 2.12. The Hall–Kier alpha value is -3.66. The number of carbonyl (C=O) groups excluding carboxylic acids is 1. The summed E-state index contributed by atoms with van der Waals surface area (Å²) >= 11 is 0. The predicted octanol–water partition coefficient (Wildman–Crippen LogP) is 6.57. The molecule has 1 amide bonds. The van der Waals surface area contributed by atoms with Crippen molar-refractivity contribution in [3.8, 4) is 0 Å². The lowest BCUT2D eigenvalue weighted by Crippen LogP contribution is -2.33. The van der Waals surface area contributed by atoms with E-state index in [0.29, 0.717) is 23.7 Å². The van der Waals surface area contributed by atoms with E-state index in [-0.39, 0.29) is 23.6 Å². The molecule has 10 heteroatoms. The number of carbonyl (C=O) groups is 1. The van der Waals surface area contributed by atoms with Crippen molar-refractivity contribution in [2.45, 2.75) is 70.1 Å². The van der Waals surface area contributed by atoms with E-state index in [4.69, 9.17) is 0 Å². The summed E-state index contributed by atoms with van der Waals surface area (Å²) in [7, 11) is 1.94. The minimum atomic E-state index is -4.56. The van der Waals surface area contributed by atoms with Gasteiger partial charge in [0.25, 0.3) is 5.91 Å². The molecule has 0 spiro atoms. The largest absolute Gasteiger partial charge is 0.416 e. The smallest absolute Gasteiger partial charge is 0.361 e. The lowest BCUT2D eigenvalue weighted by atomic mass is 9.76. The molecule has 1 aliphatic carbocycles. The molecule has 2 aromatic heterocycles. The Morgan fingerprint density at radius 2 is 1.93 bits per heavy atom. The number of piperidine rings is 1. The van der Waals surface area contributed by atoms with Crippen molar-refractivity contribution in [3.05, 3.63) is 76.5 Å². The van der Waals surface area contributed by atoms with Gasteiger partial charge in [-0.2, -0.15) is 13.2 Å². The Morgan fingerprint density at radius 1 is 1.12 bits per heavy atom. The SMILES string of the molecule is C[C@H]1CCCN(Cc2cc3c(c(C(F)(F)F)c2)CN(c2cc(C4(c5nncn5C)CCCC4)c4cc[nH]c4c2)C3=O)C1. The van der Waals surface area contributed by atoms with Crippen molar-refractivity contribution in [3.63, 3.8) is 0 Å². The van der Waals surface area contributed by atoms with Gasteiger partial charge < -0.3 is 14.5 Å². The Labute approximate surface area is 242 Å². The molecule has 2 aromatic carbocycles. The molecule has 4 aromatic rings. The fourth-order valence-electron chi connectivity index (χ4n) is 7.72. The number of alkyl halides is 3. The zero-order valence-corrected chi connectivity index (χ0v) is 24.0. The number of aryl methyl sites for hydroxylation is 1. The molecule has 3 aliphatic rings. The third-order valence-electron chi connectivity index (χ3n) is 9.63. The Bertz CT molecular complexity index is 1660. The van der Waals surface area contributed by atoms with Crippen LogP contribution in [-0.4, -0.2) is 43.6 Å². The third kappa shape index (κ3) is 4.42. The van der Waals surface area contributed by atoms with Crippen LogP contribution in [0.25, 0.3) is 10.9 Å². The standard InChI is InChI=1S/C32H35F3N6O/c1-20-6-5-11-40(16-20)17-21-12-24-25(27(13-21)32(33,34)35)18-41(29(24)42)22-14-26(23-7-10-36-28(23)15-22)31(8-3-4-9-31)30-38-37-19-39(30)2/h7,10,12-15,19-20,36H,3-6,8-9,11,16-18H2,1-2H3/t20-/m0/s1. The molecule has 7 rings (SSSR count). The van der Waals surface area contributed by atoms with Crippen LogP contribution in [0.1, 0.15) is 83.9 Å². The number of anilines is 1. The van der Waals surface area contributed by atoms with Crippen LogP contribution >= 0.6 is 0 Å². The molecule has 1 N–H and O–H groups in total. The molecule has 0 unspecified atom stereocenters. The fraction of sp³-hybridized carbons (Fsp3) is 0.469. The van der Waals surface area contributed by atoms with Gasteiger partial charge in [0, 0.05) is 48.5 Å². The summed E-state index contributed by atoms with van der Waals surface area (Å²) in [6.45, 7) is 4.17. The highest BCUT2D eigenvalue weighted by molar-refractivity contribution is 6.11. The molecule has 1 saturated heterocycles. The monoisotopic (exact) mass is 576 g/mol. The normalized spacial score (nSPS) is 21.0. The van der Waals surface area contributed by atoms with Gasteiger partial charge in [0.05, 0.1) is 17.5 Å². The average molecular weight is 577 g/mol. The molecular weight excluding hydrogens is 541 g/mol. The Kier molecular flexibility index (Phi) is 6.45. The number of aromatic amines is 1. The minimum absolute atomic E-state index is 0.0558. The van der Waals surface area contributed by atoms with E-state index in [2.05, 4.69) is 27.0 Å². The summed E-state index contributed by atoms with van der Waals surface area (Å²) in [4.78, 5) is 20.9. The van der Waals surface area contributed by atoms with Gasteiger partial charge in [-0.15, -0.1) is 10.2 Å². The molecule has 1 saturated carbocycles. The zero-order valence-electron chi connectivity index (χ0n) is 24.0. The second-order valence-electron chi connectivity index (χ2n) is 12.5. The van der Waals surface area contributed by atoms with Crippen molar-refractivity contribution in [2.24, 2.45) is 13.0 Å². The van der Waals surface area contributed by atoms with Gasteiger partial charge in [-0.05, 0) is 85.2 Å². The number of halogens is 3. The van der Waals surface area contributed by atoms with Crippen molar-refractivity contribution in [2.75, 3.05) is 18.0 Å². The van der Waals surface area contributed by atoms with Gasteiger partial charge in [-0.1, -0.05) is 19.8 Å². The van der Waals surface area contributed by atoms with Crippen molar-refractivity contribution in [1.29, 1.82) is 0 Å². The quantitative estimate of drug-likeness (QED) is 0.292. The van der Waals surface area contributed by atoms with E-state index in [9.17, 15) is 18.0 Å². The van der Waals surface area contributed by atoms with E-state index in [1.54, 1.807) is 12.4 Å². The molecule has 2 fully saturated rings. The predicted molar refractivity (Wildman–Crippen MR) is 154 cm³/mol. The van der Waals surface area contributed by atoms with Crippen LogP contribution < -0.4 is 4.90 Å². The first-order valence-corrected chi connectivity index (χ1v) is 14.9. The average Bonchev–Trinajstić information content (AvgIpc) is 3.75. The molecule has 220 valence electrons. The Morgan fingerprint density at radius 3 is 2.64 bits per heavy atom. The third-order valence-corrected chi connectivity index (χ3v) is 9.63. The van der Waals surface area contributed by atoms with Crippen LogP contribution in [0.15, 0.2) is 42.9 Å². The molecule has 0 bridgehead atoms. The number of benzene rings is 2. The second-order valence-corrected chi connectivity index (χ2v) is 12.5. The number of nitrogens with zero attached hydrogens (tertiary/aromatic N) is 5. The van der Waals surface area contributed by atoms with Gasteiger partial charge in [0.1, 0.15) is 12.2 Å². The van der Waals surface area contributed by atoms with Gasteiger partial charge in [-0.3, -0.25) is 9.69 Å². The maximum Gasteiger partial charge on any atom is 0.416 e. The second kappa shape index (κ2) is 9.97. The van der Waals surface area contributed by atoms with Crippen LogP contribution in [0, 0.1) is 5.92 Å². The van der Waals surface area contributed by atoms with Gasteiger partial charge in [0.2, 0.25) is 0 Å². The highest BCUT2D eigenvalue weighted by Gasteiger charge is 2.44. The molecule has 42 heavy (non-hydrogen) atoms. The van der Waals surface area contributed by atoms with E-state index < -0.39 is 17.2 Å². The van der Waals surface area contributed by atoms with Gasteiger partial charge in [0.15, 0.2) is 0 Å². The topological polar surface area (TPSA) is 70.1 Å². The number of hydrogen-bond donors (Lipinski definition) is 1. The van der Waals surface area contributed by atoms with E-state index in [1.807, 2.05) is 36.0 Å².